The van der Waals surface area contributed by atoms with Gasteiger partial charge in [0.1, 0.15) is 17.2 Å². The van der Waals surface area contributed by atoms with Crippen molar-refractivity contribution in [2.24, 2.45) is 5.41 Å². The van der Waals surface area contributed by atoms with Gasteiger partial charge in [-0.1, -0.05) is 30.3 Å². The van der Waals surface area contributed by atoms with Gasteiger partial charge in [0.05, 0.1) is 0 Å². The molecule has 3 heteroatoms. The van der Waals surface area contributed by atoms with E-state index in [0.717, 1.165) is 36.0 Å². The van der Waals surface area contributed by atoms with Crippen molar-refractivity contribution in [3.8, 4) is 17.2 Å². The average Bonchev–Trinajstić information content (AvgIpc) is 3.14. The first-order valence-electron chi connectivity index (χ1n) is 9.17. The van der Waals surface area contributed by atoms with Crippen LogP contribution in [0.4, 0.5) is 0 Å². The average molecular weight is 356 g/mol. The normalized spacial score (nSPS) is 21.6. The minimum atomic E-state index is -0.117. The van der Waals surface area contributed by atoms with Crippen molar-refractivity contribution in [1.82, 2.24) is 0 Å². The van der Waals surface area contributed by atoms with Gasteiger partial charge in [-0.05, 0) is 83.5 Å². The molecule has 1 atom stereocenters. The van der Waals surface area contributed by atoms with E-state index in [-0.39, 0.29) is 16.9 Å². The van der Waals surface area contributed by atoms with Gasteiger partial charge in [0, 0.05) is 11.0 Å². The third-order valence-corrected chi connectivity index (χ3v) is 5.97. The highest BCUT2D eigenvalue weighted by molar-refractivity contribution is 5.91. The van der Waals surface area contributed by atoms with Crippen molar-refractivity contribution in [2.75, 3.05) is 0 Å². The van der Waals surface area contributed by atoms with Crippen LogP contribution < -0.4 is 0 Å². The van der Waals surface area contributed by atoms with Crippen LogP contribution in [0.15, 0.2) is 60.7 Å². The van der Waals surface area contributed by atoms with Gasteiger partial charge < -0.3 is 15.3 Å². The zero-order valence-electron chi connectivity index (χ0n) is 14.8. The molecule has 0 saturated heterocycles. The monoisotopic (exact) mass is 356 g/mol. The van der Waals surface area contributed by atoms with Gasteiger partial charge in [-0.3, -0.25) is 0 Å². The summed E-state index contributed by atoms with van der Waals surface area (Å²) in [6.45, 7) is 0. The molecule has 134 valence electrons. The fourth-order valence-corrected chi connectivity index (χ4v) is 4.77. The molecular formula is C24H20O3. The molecule has 2 aliphatic rings. The van der Waals surface area contributed by atoms with Crippen LogP contribution in [-0.4, -0.2) is 15.3 Å². The second kappa shape index (κ2) is 5.65. The maximum absolute atomic E-state index is 10.3. The quantitative estimate of drug-likeness (QED) is 0.593. The number of hydrogen-bond donors (Lipinski definition) is 3. The van der Waals surface area contributed by atoms with E-state index in [4.69, 9.17) is 0 Å². The summed E-state index contributed by atoms with van der Waals surface area (Å²) in [6, 6.07) is 18.5. The summed E-state index contributed by atoms with van der Waals surface area (Å²) in [6.07, 6.45) is 4.67. The number of phenols is 3. The summed E-state index contributed by atoms with van der Waals surface area (Å²) in [7, 11) is 0. The third-order valence-electron chi connectivity index (χ3n) is 5.97. The van der Waals surface area contributed by atoms with E-state index < -0.39 is 0 Å². The van der Waals surface area contributed by atoms with Crippen molar-refractivity contribution < 1.29 is 15.3 Å². The van der Waals surface area contributed by atoms with E-state index in [9.17, 15) is 15.3 Å². The molecular weight excluding hydrogens is 336 g/mol. The zero-order valence-corrected chi connectivity index (χ0v) is 14.8. The summed E-state index contributed by atoms with van der Waals surface area (Å²) < 4.78 is 0. The number of para-hydroxylation sites is 1. The number of fused-ring (bicyclic) bond motifs is 2. The molecule has 0 radical (unpaired) electrons. The summed E-state index contributed by atoms with van der Waals surface area (Å²) in [5, 5.41) is 30.2. The molecule has 0 amide bonds. The number of phenolic OH excluding ortho intramolecular Hbond substituents is 3. The maximum atomic E-state index is 10.3. The number of aromatic hydroxyl groups is 3. The van der Waals surface area contributed by atoms with E-state index in [1.807, 2.05) is 42.5 Å². The van der Waals surface area contributed by atoms with Crippen LogP contribution in [0.3, 0.4) is 0 Å². The van der Waals surface area contributed by atoms with Crippen LogP contribution >= 0.6 is 0 Å². The highest BCUT2D eigenvalue weighted by atomic mass is 16.3. The van der Waals surface area contributed by atoms with Crippen LogP contribution in [0, 0.1) is 5.41 Å². The summed E-state index contributed by atoms with van der Waals surface area (Å²) >= 11 is 0. The molecule has 0 saturated carbocycles. The van der Waals surface area contributed by atoms with E-state index in [0.29, 0.717) is 5.75 Å². The first-order chi connectivity index (χ1) is 13.0. The highest BCUT2D eigenvalue weighted by Gasteiger charge is 2.46. The Hall–Kier alpha value is -3.20. The van der Waals surface area contributed by atoms with Crippen molar-refractivity contribution in [3.63, 3.8) is 0 Å². The minimum absolute atomic E-state index is 0.117. The van der Waals surface area contributed by atoms with Crippen LogP contribution in [0.25, 0.3) is 11.6 Å². The van der Waals surface area contributed by atoms with Crippen LogP contribution in [0.5, 0.6) is 17.2 Å². The standard InChI is InChI=1S/C24H20O3/c25-19-7-5-16-12-24(14-18(16)9-19)13-17-6-8-20(26)11-21(17)22(24)10-15-3-1-2-4-23(15)27/h1-11,25-27H,12-14H2/b22-10-. The van der Waals surface area contributed by atoms with Gasteiger partial charge in [-0.25, -0.2) is 0 Å². The fourth-order valence-electron chi connectivity index (χ4n) is 4.77. The van der Waals surface area contributed by atoms with Gasteiger partial charge in [0.15, 0.2) is 0 Å². The predicted molar refractivity (Wildman–Crippen MR) is 106 cm³/mol. The lowest BCUT2D eigenvalue weighted by Crippen LogP contribution is -2.20. The summed E-state index contributed by atoms with van der Waals surface area (Å²) in [4.78, 5) is 0. The molecule has 3 nitrogen and oxygen atoms in total. The molecule has 0 aromatic heterocycles. The second-order valence-corrected chi connectivity index (χ2v) is 7.72. The Bertz CT molecular complexity index is 1090. The lowest BCUT2D eigenvalue weighted by Gasteiger charge is -2.26. The van der Waals surface area contributed by atoms with Gasteiger partial charge in [-0.2, -0.15) is 0 Å². The van der Waals surface area contributed by atoms with E-state index in [1.54, 1.807) is 18.2 Å². The van der Waals surface area contributed by atoms with Crippen molar-refractivity contribution in [1.29, 1.82) is 0 Å². The van der Waals surface area contributed by atoms with Crippen molar-refractivity contribution >= 4 is 11.6 Å². The number of rotatable bonds is 1. The molecule has 0 bridgehead atoms. The lowest BCUT2D eigenvalue weighted by atomic mass is 9.77. The second-order valence-electron chi connectivity index (χ2n) is 7.72. The topological polar surface area (TPSA) is 60.7 Å². The zero-order chi connectivity index (χ0) is 18.6. The summed E-state index contributed by atoms with van der Waals surface area (Å²) in [5.74, 6) is 0.800. The Balaban J connectivity index is 1.69. The Labute approximate surface area is 157 Å². The largest absolute Gasteiger partial charge is 0.508 e. The molecule has 1 spiro atoms. The van der Waals surface area contributed by atoms with E-state index in [1.165, 1.54) is 16.7 Å². The number of benzene rings is 3. The number of hydrogen-bond acceptors (Lipinski definition) is 3. The van der Waals surface area contributed by atoms with Gasteiger partial charge in [-0.15, -0.1) is 0 Å². The van der Waals surface area contributed by atoms with Gasteiger partial charge in [0.25, 0.3) is 0 Å². The SMILES string of the molecule is Oc1ccc2c(c1)CC1(C2)Cc2ccc(O)cc2/C1=C/c1ccccc1O. The summed E-state index contributed by atoms with van der Waals surface area (Å²) in [5.41, 5.74) is 6.51. The predicted octanol–water partition coefficient (Wildman–Crippen LogP) is 4.69. The Morgan fingerprint density at radius 1 is 0.704 bits per heavy atom. The minimum Gasteiger partial charge on any atom is -0.508 e. The first-order valence-corrected chi connectivity index (χ1v) is 9.17. The molecule has 3 aromatic rings. The first kappa shape index (κ1) is 16.0. The molecule has 3 aromatic carbocycles. The molecule has 27 heavy (non-hydrogen) atoms. The van der Waals surface area contributed by atoms with Crippen molar-refractivity contribution in [2.45, 2.75) is 19.3 Å². The molecule has 5 rings (SSSR count). The number of allylic oxidation sites excluding steroid dienone is 1. The fraction of sp³-hybridized carbons (Fsp3) is 0.167. The molecule has 2 aliphatic carbocycles. The highest BCUT2D eigenvalue weighted by Crippen LogP contribution is 2.56. The Kier molecular flexibility index (Phi) is 3.35. The van der Waals surface area contributed by atoms with Gasteiger partial charge in [0.2, 0.25) is 0 Å². The molecule has 0 aliphatic heterocycles. The third kappa shape index (κ3) is 2.50. The lowest BCUT2D eigenvalue weighted by molar-refractivity contribution is 0.441. The van der Waals surface area contributed by atoms with Crippen LogP contribution in [-0.2, 0) is 19.3 Å². The van der Waals surface area contributed by atoms with Gasteiger partial charge >= 0.3 is 0 Å². The maximum Gasteiger partial charge on any atom is 0.122 e. The van der Waals surface area contributed by atoms with Crippen LogP contribution in [0.2, 0.25) is 0 Å². The molecule has 0 fully saturated rings. The smallest absolute Gasteiger partial charge is 0.122 e. The Morgan fingerprint density at radius 2 is 1.37 bits per heavy atom. The molecule has 1 unspecified atom stereocenters. The van der Waals surface area contributed by atoms with E-state index >= 15 is 0 Å². The molecule has 0 heterocycles. The Morgan fingerprint density at radius 3 is 2.19 bits per heavy atom. The van der Waals surface area contributed by atoms with Crippen molar-refractivity contribution in [3.05, 3.63) is 88.5 Å². The molecule has 3 N–H and O–H groups in total. The van der Waals surface area contributed by atoms with E-state index in [2.05, 4.69) is 6.08 Å². The van der Waals surface area contributed by atoms with Crippen LogP contribution in [0.1, 0.15) is 27.8 Å².